The maximum Gasteiger partial charge on any atom is 0.251 e. The summed E-state index contributed by atoms with van der Waals surface area (Å²) in [7, 11) is 0. The summed E-state index contributed by atoms with van der Waals surface area (Å²) in [5, 5.41) is 2.78. The first-order chi connectivity index (χ1) is 9.02. The number of nitrogens with two attached hydrogens (primary N) is 2. The van der Waals surface area contributed by atoms with Crippen LogP contribution in [0.5, 0.6) is 0 Å². The van der Waals surface area contributed by atoms with Crippen LogP contribution >= 0.6 is 0 Å². The van der Waals surface area contributed by atoms with Gasteiger partial charge in [-0.05, 0) is 31.4 Å². The topological polar surface area (TPSA) is 111 Å². The molecule has 2 amide bonds. The summed E-state index contributed by atoms with van der Waals surface area (Å²) in [5.74, 6) is -0.151. The first-order valence-electron chi connectivity index (χ1n) is 6.36. The Kier molecular flexibility index (Phi) is 5.78. The summed E-state index contributed by atoms with van der Waals surface area (Å²) in [6, 6.07) is 3.28. The van der Waals surface area contributed by atoms with Crippen molar-refractivity contribution in [2.24, 2.45) is 5.73 Å². The van der Waals surface area contributed by atoms with E-state index in [9.17, 15) is 9.59 Å². The van der Waals surface area contributed by atoms with Gasteiger partial charge < -0.3 is 16.8 Å². The average molecular weight is 264 g/mol. The second kappa shape index (κ2) is 7.35. The fourth-order valence-corrected chi connectivity index (χ4v) is 1.65. The largest absolute Gasteiger partial charge is 0.384 e. The molecule has 0 bridgehead atoms. The predicted octanol–water partition coefficient (Wildman–Crippen LogP) is 0.612. The molecule has 0 saturated carbocycles. The second-order valence-corrected chi connectivity index (χ2v) is 4.30. The Morgan fingerprint density at radius 2 is 2.05 bits per heavy atom. The monoisotopic (exact) mass is 264 g/mol. The lowest BCUT2D eigenvalue weighted by atomic mass is 10.1. The summed E-state index contributed by atoms with van der Waals surface area (Å²) in [5.41, 5.74) is 12.0. The SMILES string of the molecule is CCc1cc(C(=O)NCCCCC(N)=O)cc(N)n1. The van der Waals surface area contributed by atoms with Gasteiger partial charge in [0, 0.05) is 24.2 Å². The van der Waals surface area contributed by atoms with E-state index in [2.05, 4.69) is 10.3 Å². The van der Waals surface area contributed by atoms with E-state index in [0.717, 1.165) is 18.5 Å². The Hall–Kier alpha value is -2.11. The van der Waals surface area contributed by atoms with E-state index >= 15 is 0 Å². The Morgan fingerprint density at radius 1 is 1.32 bits per heavy atom. The van der Waals surface area contributed by atoms with Crippen LogP contribution in [0.4, 0.5) is 5.82 Å². The number of nitrogen functional groups attached to an aromatic ring is 1. The van der Waals surface area contributed by atoms with Crippen molar-refractivity contribution in [1.82, 2.24) is 10.3 Å². The number of anilines is 1. The molecular weight excluding hydrogens is 244 g/mol. The quantitative estimate of drug-likeness (QED) is 0.626. The normalized spacial score (nSPS) is 10.2. The van der Waals surface area contributed by atoms with E-state index in [0.29, 0.717) is 30.8 Å². The number of primary amides is 1. The first-order valence-corrected chi connectivity index (χ1v) is 6.36. The molecule has 0 saturated heterocycles. The third kappa shape index (κ3) is 5.37. The molecule has 0 spiro atoms. The first kappa shape index (κ1) is 14.9. The number of amides is 2. The lowest BCUT2D eigenvalue weighted by molar-refractivity contribution is -0.118. The minimum atomic E-state index is -0.319. The van der Waals surface area contributed by atoms with Crippen molar-refractivity contribution < 1.29 is 9.59 Å². The van der Waals surface area contributed by atoms with Gasteiger partial charge in [-0.2, -0.15) is 0 Å². The van der Waals surface area contributed by atoms with Crippen LogP contribution in [0.3, 0.4) is 0 Å². The van der Waals surface area contributed by atoms with E-state index in [4.69, 9.17) is 11.5 Å². The van der Waals surface area contributed by atoms with Gasteiger partial charge in [0.15, 0.2) is 0 Å². The van der Waals surface area contributed by atoms with Crippen molar-refractivity contribution in [3.63, 3.8) is 0 Å². The fourth-order valence-electron chi connectivity index (χ4n) is 1.65. The Morgan fingerprint density at radius 3 is 2.68 bits per heavy atom. The number of rotatable bonds is 7. The number of nitrogens with one attached hydrogen (secondary N) is 1. The van der Waals surface area contributed by atoms with Crippen LogP contribution < -0.4 is 16.8 Å². The highest BCUT2D eigenvalue weighted by molar-refractivity contribution is 5.94. The van der Waals surface area contributed by atoms with Crippen LogP contribution in [0.1, 0.15) is 42.2 Å². The van der Waals surface area contributed by atoms with Crippen molar-refractivity contribution in [2.75, 3.05) is 12.3 Å². The van der Waals surface area contributed by atoms with Crippen LogP contribution in [0.25, 0.3) is 0 Å². The van der Waals surface area contributed by atoms with Gasteiger partial charge in [-0.25, -0.2) is 4.98 Å². The Bertz CT molecular complexity index is 460. The third-order valence-electron chi connectivity index (χ3n) is 2.66. The maximum atomic E-state index is 11.9. The number of hydrogen-bond donors (Lipinski definition) is 3. The lowest BCUT2D eigenvalue weighted by Gasteiger charge is -2.07. The second-order valence-electron chi connectivity index (χ2n) is 4.30. The molecule has 6 nitrogen and oxygen atoms in total. The number of carbonyl (C=O) groups is 2. The van der Waals surface area contributed by atoms with Crippen LogP contribution in [0.15, 0.2) is 12.1 Å². The summed E-state index contributed by atoms with van der Waals surface area (Å²) < 4.78 is 0. The van der Waals surface area contributed by atoms with Gasteiger partial charge in [0.2, 0.25) is 5.91 Å². The molecule has 5 N–H and O–H groups in total. The molecule has 0 fully saturated rings. The summed E-state index contributed by atoms with van der Waals surface area (Å²) in [6.07, 6.45) is 2.46. The summed E-state index contributed by atoms with van der Waals surface area (Å²) in [4.78, 5) is 26.5. The molecule has 0 aromatic carbocycles. The van der Waals surface area contributed by atoms with Crippen molar-refractivity contribution in [2.45, 2.75) is 32.6 Å². The number of nitrogens with zero attached hydrogens (tertiary/aromatic N) is 1. The van der Waals surface area contributed by atoms with Gasteiger partial charge in [0.25, 0.3) is 5.91 Å². The van der Waals surface area contributed by atoms with Gasteiger partial charge in [0.05, 0.1) is 0 Å². The molecule has 1 rings (SSSR count). The molecule has 19 heavy (non-hydrogen) atoms. The van der Waals surface area contributed by atoms with Gasteiger partial charge in [-0.15, -0.1) is 0 Å². The highest BCUT2D eigenvalue weighted by Gasteiger charge is 2.07. The molecular formula is C13H20N4O2. The smallest absolute Gasteiger partial charge is 0.251 e. The van der Waals surface area contributed by atoms with E-state index in [1.807, 2.05) is 6.92 Å². The zero-order valence-corrected chi connectivity index (χ0v) is 11.1. The number of pyridine rings is 1. The van der Waals surface area contributed by atoms with Crippen molar-refractivity contribution in [1.29, 1.82) is 0 Å². The molecule has 1 aromatic heterocycles. The Balaban J connectivity index is 2.45. The average Bonchev–Trinajstić information content (AvgIpc) is 2.36. The highest BCUT2D eigenvalue weighted by Crippen LogP contribution is 2.08. The van der Waals surface area contributed by atoms with Gasteiger partial charge in [0.1, 0.15) is 5.82 Å². The molecule has 0 radical (unpaired) electrons. The molecule has 104 valence electrons. The number of unbranched alkanes of at least 4 members (excludes halogenated alkanes) is 1. The molecule has 0 aliphatic heterocycles. The van der Waals surface area contributed by atoms with E-state index < -0.39 is 0 Å². The molecule has 6 heteroatoms. The molecule has 0 aliphatic carbocycles. The number of aromatic nitrogens is 1. The van der Waals surface area contributed by atoms with Crippen LogP contribution in [0.2, 0.25) is 0 Å². The molecule has 0 unspecified atom stereocenters. The van der Waals surface area contributed by atoms with E-state index in [1.165, 1.54) is 0 Å². The number of hydrogen-bond acceptors (Lipinski definition) is 4. The standard InChI is InChI=1S/C13H20N4O2/c1-2-10-7-9(8-11(14)17-10)13(19)16-6-4-3-5-12(15)18/h7-8H,2-6H2,1H3,(H2,14,17)(H2,15,18)(H,16,19). The van der Waals surface area contributed by atoms with Crippen molar-refractivity contribution in [3.05, 3.63) is 23.4 Å². The van der Waals surface area contributed by atoms with E-state index in [1.54, 1.807) is 12.1 Å². The number of carbonyl (C=O) groups excluding carboxylic acids is 2. The Labute approximate surface area is 112 Å². The van der Waals surface area contributed by atoms with Crippen LogP contribution in [-0.2, 0) is 11.2 Å². The van der Waals surface area contributed by atoms with Gasteiger partial charge in [-0.1, -0.05) is 6.92 Å². The summed E-state index contributed by atoms with van der Waals surface area (Å²) in [6.45, 7) is 2.46. The zero-order chi connectivity index (χ0) is 14.3. The van der Waals surface area contributed by atoms with Gasteiger partial charge >= 0.3 is 0 Å². The van der Waals surface area contributed by atoms with Crippen molar-refractivity contribution in [3.8, 4) is 0 Å². The minimum Gasteiger partial charge on any atom is -0.384 e. The lowest BCUT2D eigenvalue weighted by Crippen LogP contribution is -2.25. The molecule has 1 heterocycles. The van der Waals surface area contributed by atoms with E-state index in [-0.39, 0.29) is 11.8 Å². The molecule has 0 atom stereocenters. The predicted molar refractivity (Wildman–Crippen MR) is 73.4 cm³/mol. The fraction of sp³-hybridized carbons (Fsp3) is 0.462. The van der Waals surface area contributed by atoms with Crippen LogP contribution in [0, 0.1) is 0 Å². The third-order valence-corrected chi connectivity index (χ3v) is 2.66. The minimum absolute atomic E-state index is 0.178. The maximum absolute atomic E-state index is 11.9. The van der Waals surface area contributed by atoms with Crippen LogP contribution in [-0.4, -0.2) is 23.3 Å². The van der Waals surface area contributed by atoms with Crippen molar-refractivity contribution >= 4 is 17.6 Å². The van der Waals surface area contributed by atoms with Gasteiger partial charge in [-0.3, -0.25) is 9.59 Å². The molecule has 0 aliphatic rings. The molecule has 1 aromatic rings. The zero-order valence-electron chi connectivity index (χ0n) is 11.1. The highest BCUT2D eigenvalue weighted by atomic mass is 16.2. The summed E-state index contributed by atoms with van der Waals surface area (Å²) >= 11 is 0. The number of aryl methyl sites for hydroxylation is 1.